The highest BCUT2D eigenvalue weighted by atomic mass is 16.3. The first-order chi connectivity index (χ1) is 7.60. The fraction of sp³-hybridized carbons (Fsp3) is 0.214. The largest absolute Gasteiger partial charge is 0.288 e. The summed E-state index contributed by atoms with van der Waals surface area (Å²) >= 11 is 0. The molecule has 0 N–H and O–H groups in total. The van der Waals surface area contributed by atoms with Crippen molar-refractivity contribution in [1.29, 1.82) is 0 Å². The van der Waals surface area contributed by atoms with Gasteiger partial charge in [-0.3, -0.25) is 10.1 Å². The molecule has 1 heterocycles. The van der Waals surface area contributed by atoms with E-state index in [2.05, 4.69) is 31.0 Å². The van der Waals surface area contributed by atoms with Gasteiger partial charge in [-0.25, -0.2) is 0 Å². The zero-order valence-electron chi connectivity index (χ0n) is 9.47. The Labute approximate surface area is 95.6 Å². The molecule has 1 aromatic heterocycles. The predicted octanol–water partition coefficient (Wildman–Crippen LogP) is 3.55. The summed E-state index contributed by atoms with van der Waals surface area (Å²) in [5.74, 6) is -0.0485. The predicted molar refractivity (Wildman–Crippen MR) is 62.9 cm³/mol. The molecule has 0 bridgehead atoms. The lowest BCUT2D eigenvalue weighted by Gasteiger charge is -2.24. The Kier molecular flexibility index (Phi) is 2.65. The van der Waals surface area contributed by atoms with Gasteiger partial charge in [0.25, 0.3) is 0 Å². The minimum Gasteiger partial charge on any atom is -0.288 e. The summed E-state index contributed by atoms with van der Waals surface area (Å²) in [5, 5.41) is 11.0. The molecule has 0 unspecified atom stereocenters. The molecule has 0 amide bonds. The number of hydrogen-bond donors (Lipinski definition) is 0. The number of nitrogens with zero attached hydrogens (tertiary/aromatic N) is 1. The number of aromatic nitrogens is 1. The van der Waals surface area contributed by atoms with Crippen LogP contribution in [0.3, 0.4) is 0 Å². The van der Waals surface area contributed by atoms with E-state index in [1.54, 1.807) is 12.1 Å². The van der Waals surface area contributed by atoms with Gasteiger partial charge in [-0.15, -0.1) is 0 Å². The summed E-state index contributed by atoms with van der Waals surface area (Å²) in [5.41, 5.74) is 1.94. The second-order valence-corrected chi connectivity index (χ2v) is 4.37. The Hall–Kier alpha value is -1.83. The van der Waals surface area contributed by atoms with E-state index in [1.165, 1.54) is 11.8 Å². The highest BCUT2D eigenvalue weighted by molar-refractivity contribution is 5.34. The van der Waals surface area contributed by atoms with E-state index in [9.17, 15) is 5.11 Å². The van der Waals surface area contributed by atoms with Gasteiger partial charge in [-0.1, -0.05) is 44.2 Å². The Bertz CT molecular complexity index is 460. The molecule has 81 valence electrons. The van der Waals surface area contributed by atoms with Gasteiger partial charge in [0.2, 0.25) is 0 Å². The van der Waals surface area contributed by atoms with Gasteiger partial charge in [0.1, 0.15) is 0 Å². The molecule has 0 saturated carbocycles. The molecule has 2 rings (SSSR count). The van der Waals surface area contributed by atoms with Crippen LogP contribution in [0.2, 0.25) is 0 Å². The van der Waals surface area contributed by atoms with Crippen LogP contribution in [0.4, 0.5) is 0 Å². The molecule has 16 heavy (non-hydrogen) atoms. The number of rotatable bonds is 2. The van der Waals surface area contributed by atoms with Crippen LogP contribution >= 0.6 is 0 Å². The summed E-state index contributed by atoms with van der Waals surface area (Å²) in [6.45, 7) is 4.21. The zero-order valence-corrected chi connectivity index (χ0v) is 9.47. The quantitative estimate of drug-likeness (QED) is 0.749. The summed E-state index contributed by atoms with van der Waals surface area (Å²) < 4.78 is 0. The molecule has 2 nitrogen and oxygen atoms in total. The van der Waals surface area contributed by atoms with E-state index < -0.39 is 0 Å². The fourth-order valence-electron chi connectivity index (χ4n) is 1.75. The molecule has 0 spiro atoms. The first kappa shape index (κ1) is 10.7. The second-order valence-electron chi connectivity index (χ2n) is 4.37. The summed E-state index contributed by atoms with van der Waals surface area (Å²) in [6, 6.07) is 13.5. The Morgan fingerprint density at radius 2 is 1.69 bits per heavy atom. The van der Waals surface area contributed by atoms with Gasteiger partial charge < -0.3 is 0 Å². The number of pyridine rings is 1. The van der Waals surface area contributed by atoms with Crippen LogP contribution in [0, 0.1) is 0 Å². The first-order valence-corrected chi connectivity index (χ1v) is 5.30. The fourth-order valence-corrected chi connectivity index (χ4v) is 1.75. The topological polar surface area (TPSA) is 32.8 Å². The molecule has 2 heteroatoms. The van der Waals surface area contributed by atoms with Crippen LogP contribution in [0.25, 0.3) is 0 Å². The lowest BCUT2D eigenvalue weighted by molar-refractivity contribution is 0.352. The van der Waals surface area contributed by atoms with Crippen molar-refractivity contribution in [2.75, 3.05) is 0 Å². The van der Waals surface area contributed by atoms with E-state index in [-0.39, 0.29) is 11.2 Å². The third-order valence-corrected chi connectivity index (χ3v) is 2.87. The van der Waals surface area contributed by atoms with Crippen LogP contribution < -0.4 is 0 Å². The minimum atomic E-state index is -0.172. The maximum Gasteiger partial charge on any atom is 0.196 e. The lowest BCUT2D eigenvalue weighted by Crippen LogP contribution is -2.20. The lowest BCUT2D eigenvalue weighted by atomic mass is 9.81. The van der Waals surface area contributed by atoms with Crippen molar-refractivity contribution in [2.45, 2.75) is 19.3 Å². The SMILES string of the molecule is CC(C)(c1ccccc1)c1ccc([O])cn1. The van der Waals surface area contributed by atoms with Crippen LogP contribution in [0.5, 0.6) is 5.75 Å². The van der Waals surface area contributed by atoms with Crippen LogP contribution in [0.1, 0.15) is 25.1 Å². The van der Waals surface area contributed by atoms with Crippen molar-refractivity contribution in [3.8, 4) is 5.75 Å². The van der Waals surface area contributed by atoms with Crippen LogP contribution in [-0.2, 0) is 10.5 Å². The van der Waals surface area contributed by atoms with E-state index in [0.29, 0.717) is 0 Å². The molecule has 0 saturated heterocycles. The third-order valence-electron chi connectivity index (χ3n) is 2.87. The summed E-state index contributed by atoms with van der Waals surface area (Å²) in [6.07, 6.45) is 1.38. The molecule has 0 aliphatic rings. The standard InChI is InChI=1S/C14H14NO/c1-14(2,11-6-4-3-5-7-11)13-9-8-12(16)10-15-13/h3-10H,1-2H3. The van der Waals surface area contributed by atoms with Crippen molar-refractivity contribution >= 4 is 0 Å². The van der Waals surface area contributed by atoms with Crippen LogP contribution in [0.15, 0.2) is 48.7 Å². The van der Waals surface area contributed by atoms with E-state index >= 15 is 0 Å². The monoisotopic (exact) mass is 212 g/mol. The van der Waals surface area contributed by atoms with Crippen molar-refractivity contribution in [3.63, 3.8) is 0 Å². The molecule has 0 atom stereocenters. The van der Waals surface area contributed by atoms with Crippen molar-refractivity contribution < 1.29 is 5.11 Å². The normalized spacial score (nSPS) is 11.4. The van der Waals surface area contributed by atoms with E-state index in [1.807, 2.05) is 18.2 Å². The molecule has 0 fully saturated rings. The Morgan fingerprint density at radius 3 is 2.25 bits per heavy atom. The highest BCUT2D eigenvalue weighted by Gasteiger charge is 2.24. The molecule has 0 aliphatic heterocycles. The maximum absolute atomic E-state index is 11.0. The number of hydrogen-bond acceptors (Lipinski definition) is 1. The first-order valence-electron chi connectivity index (χ1n) is 5.30. The van der Waals surface area contributed by atoms with Gasteiger partial charge >= 0.3 is 0 Å². The average molecular weight is 212 g/mol. The highest BCUT2D eigenvalue weighted by Crippen LogP contribution is 2.30. The smallest absolute Gasteiger partial charge is 0.196 e. The van der Waals surface area contributed by atoms with Gasteiger partial charge in [0.15, 0.2) is 5.75 Å². The van der Waals surface area contributed by atoms with Gasteiger partial charge in [0, 0.05) is 5.41 Å². The van der Waals surface area contributed by atoms with Crippen molar-refractivity contribution in [3.05, 3.63) is 59.9 Å². The third kappa shape index (κ3) is 1.91. The van der Waals surface area contributed by atoms with Gasteiger partial charge in [-0.05, 0) is 17.7 Å². The molecule has 2 aromatic rings. The van der Waals surface area contributed by atoms with Gasteiger partial charge in [0.05, 0.1) is 11.9 Å². The van der Waals surface area contributed by atoms with Gasteiger partial charge in [-0.2, -0.15) is 0 Å². The molecule has 1 radical (unpaired) electrons. The Balaban J connectivity index is 2.43. The maximum atomic E-state index is 11.0. The molecular weight excluding hydrogens is 198 g/mol. The van der Waals surface area contributed by atoms with Crippen LogP contribution in [-0.4, -0.2) is 4.98 Å². The average Bonchev–Trinajstić information content (AvgIpc) is 2.31. The molecule has 0 aliphatic carbocycles. The molecule has 1 aromatic carbocycles. The minimum absolute atomic E-state index is 0.0485. The second kappa shape index (κ2) is 3.97. The number of benzene rings is 1. The molecular formula is C14H14NO. The van der Waals surface area contributed by atoms with Crippen molar-refractivity contribution in [1.82, 2.24) is 4.98 Å². The summed E-state index contributed by atoms with van der Waals surface area (Å²) in [4.78, 5) is 4.21. The zero-order chi connectivity index (χ0) is 11.6. The van der Waals surface area contributed by atoms with Crippen molar-refractivity contribution in [2.24, 2.45) is 0 Å². The summed E-state index contributed by atoms with van der Waals surface area (Å²) in [7, 11) is 0. The Morgan fingerprint density at radius 1 is 1.00 bits per heavy atom. The van der Waals surface area contributed by atoms with E-state index in [4.69, 9.17) is 0 Å². The van der Waals surface area contributed by atoms with E-state index in [0.717, 1.165) is 5.69 Å².